The molecule has 0 spiro atoms. The van der Waals surface area contributed by atoms with Gasteiger partial charge in [-0.25, -0.2) is 4.98 Å². The zero-order chi connectivity index (χ0) is 14.2. The van der Waals surface area contributed by atoms with E-state index in [0.29, 0.717) is 0 Å². The number of nitrogens with two attached hydrogens (primary N) is 1. The molecule has 1 fully saturated rings. The Balaban J connectivity index is 1.90. The van der Waals surface area contributed by atoms with E-state index in [1.54, 1.807) is 0 Å². The number of nitrogens with zero attached hydrogens (tertiary/aromatic N) is 2. The Bertz CT molecular complexity index is 599. The molecule has 1 aliphatic heterocycles. The maximum Gasteiger partial charge on any atom is 0.111 e. The molecule has 3 nitrogen and oxygen atoms in total. The number of hydrogen-bond donors (Lipinski definition) is 1. The van der Waals surface area contributed by atoms with Crippen LogP contribution in [0.15, 0.2) is 24.3 Å². The molecule has 20 heavy (non-hydrogen) atoms. The fourth-order valence-electron chi connectivity index (χ4n) is 3.14. The zero-order valence-corrected chi connectivity index (χ0v) is 13.1. The van der Waals surface area contributed by atoms with Crippen LogP contribution in [0, 0.1) is 0 Å². The van der Waals surface area contributed by atoms with E-state index in [0.717, 1.165) is 24.3 Å². The molecule has 1 aromatic carbocycles. The molecule has 0 radical (unpaired) electrons. The highest BCUT2D eigenvalue weighted by molar-refractivity contribution is 8.00. The van der Waals surface area contributed by atoms with Gasteiger partial charge in [-0.05, 0) is 44.6 Å². The molecular formula is C16H23N3S. The van der Waals surface area contributed by atoms with Gasteiger partial charge in [0.2, 0.25) is 0 Å². The summed E-state index contributed by atoms with van der Waals surface area (Å²) in [5.74, 6) is 2.38. The van der Waals surface area contributed by atoms with E-state index in [1.807, 2.05) is 17.8 Å². The normalized spacial score (nSPS) is 24.4. The van der Waals surface area contributed by atoms with Gasteiger partial charge in [-0.3, -0.25) is 0 Å². The Labute approximate surface area is 124 Å². The lowest BCUT2D eigenvalue weighted by molar-refractivity contribution is 0.468. The van der Waals surface area contributed by atoms with E-state index in [4.69, 9.17) is 10.7 Å². The van der Waals surface area contributed by atoms with Crippen LogP contribution >= 0.6 is 11.8 Å². The average molecular weight is 289 g/mol. The van der Waals surface area contributed by atoms with Gasteiger partial charge < -0.3 is 10.3 Å². The van der Waals surface area contributed by atoms with Crippen LogP contribution in [-0.4, -0.2) is 26.1 Å². The fraction of sp³-hybridized carbons (Fsp3) is 0.562. The minimum atomic E-state index is 0.178. The number of thioether (sulfide) groups is 1. The third kappa shape index (κ3) is 2.35. The van der Waals surface area contributed by atoms with Gasteiger partial charge in [-0.1, -0.05) is 12.1 Å². The molecule has 1 aliphatic rings. The van der Waals surface area contributed by atoms with Gasteiger partial charge in [-0.15, -0.1) is 0 Å². The Hall–Kier alpha value is -1.00. The lowest BCUT2D eigenvalue weighted by Gasteiger charge is -2.30. The number of imidazole rings is 1. The van der Waals surface area contributed by atoms with E-state index in [9.17, 15) is 0 Å². The van der Waals surface area contributed by atoms with Crippen LogP contribution in [-0.2, 0) is 13.0 Å². The summed E-state index contributed by atoms with van der Waals surface area (Å²) in [6.45, 7) is 5.44. The number of benzene rings is 1. The van der Waals surface area contributed by atoms with Crippen LogP contribution in [0.2, 0.25) is 0 Å². The molecule has 0 bridgehead atoms. The average Bonchev–Trinajstić information content (AvgIpc) is 3.03. The first-order valence-electron chi connectivity index (χ1n) is 7.48. The highest BCUT2D eigenvalue weighted by Gasteiger charge is 2.36. The number of aryl methyl sites for hydroxylation is 1. The summed E-state index contributed by atoms with van der Waals surface area (Å²) in [5, 5.41) is 0. The van der Waals surface area contributed by atoms with Crippen LogP contribution < -0.4 is 5.73 Å². The van der Waals surface area contributed by atoms with Crippen LogP contribution in [0.4, 0.5) is 0 Å². The summed E-state index contributed by atoms with van der Waals surface area (Å²) >= 11 is 2.03. The quantitative estimate of drug-likeness (QED) is 0.940. The topological polar surface area (TPSA) is 43.8 Å². The minimum Gasteiger partial charge on any atom is -0.328 e. The van der Waals surface area contributed by atoms with Crippen molar-refractivity contribution in [1.29, 1.82) is 0 Å². The lowest BCUT2D eigenvalue weighted by atomic mass is 9.94. The Morgan fingerprint density at radius 2 is 2.25 bits per heavy atom. The molecule has 1 saturated heterocycles. The summed E-state index contributed by atoms with van der Waals surface area (Å²) in [6.07, 6.45) is 3.39. The second-order valence-electron chi connectivity index (χ2n) is 5.84. The van der Waals surface area contributed by atoms with E-state index < -0.39 is 0 Å². The minimum absolute atomic E-state index is 0.178. The molecule has 108 valence electrons. The summed E-state index contributed by atoms with van der Waals surface area (Å²) in [6, 6.07) is 8.54. The van der Waals surface area contributed by atoms with Gasteiger partial charge in [0.15, 0.2) is 0 Å². The zero-order valence-electron chi connectivity index (χ0n) is 12.3. The highest BCUT2D eigenvalue weighted by atomic mass is 32.2. The maximum atomic E-state index is 6.52. The molecule has 1 aromatic heterocycles. The van der Waals surface area contributed by atoms with Gasteiger partial charge in [0.1, 0.15) is 5.82 Å². The second kappa shape index (κ2) is 5.41. The lowest BCUT2D eigenvalue weighted by Crippen LogP contribution is -2.43. The maximum absolute atomic E-state index is 6.52. The molecule has 3 rings (SSSR count). The monoisotopic (exact) mass is 289 g/mol. The molecule has 2 N–H and O–H groups in total. The molecule has 0 saturated carbocycles. The van der Waals surface area contributed by atoms with Gasteiger partial charge in [0.05, 0.1) is 11.0 Å². The van der Waals surface area contributed by atoms with Crippen molar-refractivity contribution < 1.29 is 0 Å². The summed E-state index contributed by atoms with van der Waals surface area (Å²) in [7, 11) is 0. The van der Waals surface area contributed by atoms with Gasteiger partial charge in [0, 0.05) is 23.8 Å². The predicted molar refractivity (Wildman–Crippen MR) is 87.2 cm³/mol. The molecule has 0 aliphatic carbocycles. The van der Waals surface area contributed by atoms with Gasteiger partial charge in [0.25, 0.3) is 0 Å². The molecular weight excluding hydrogens is 266 g/mol. The highest BCUT2D eigenvalue weighted by Crippen LogP contribution is 2.40. The number of aromatic nitrogens is 2. The Morgan fingerprint density at radius 1 is 1.45 bits per heavy atom. The van der Waals surface area contributed by atoms with Gasteiger partial charge in [-0.2, -0.15) is 11.8 Å². The number of hydrogen-bond acceptors (Lipinski definition) is 3. The SMILES string of the molecule is CCn1c(CC(N)C2(C)CCCS2)nc2ccccc21. The van der Waals surface area contributed by atoms with Crippen molar-refractivity contribution in [3.63, 3.8) is 0 Å². The van der Waals surface area contributed by atoms with Crippen molar-refractivity contribution >= 4 is 22.8 Å². The van der Waals surface area contributed by atoms with Crippen molar-refractivity contribution in [2.75, 3.05) is 5.75 Å². The first-order chi connectivity index (χ1) is 9.64. The third-order valence-corrected chi connectivity index (χ3v) is 6.15. The van der Waals surface area contributed by atoms with Crippen molar-refractivity contribution in [1.82, 2.24) is 9.55 Å². The van der Waals surface area contributed by atoms with E-state index in [2.05, 4.69) is 36.6 Å². The number of rotatable bonds is 4. The van der Waals surface area contributed by atoms with Crippen molar-refractivity contribution in [3.8, 4) is 0 Å². The first-order valence-corrected chi connectivity index (χ1v) is 8.46. The predicted octanol–water partition coefficient (Wildman–Crippen LogP) is 3.21. The van der Waals surface area contributed by atoms with E-state index in [1.165, 1.54) is 24.1 Å². The molecule has 2 unspecified atom stereocenters. The smallest absolute Gasteiger partial charge is 0.111 e. The summed E-state index contributed by atoms with van der Waals surface area (Å²) < 4.78 is 2.52. The largest absolute Gasteiger partial charge is 0.328 e. The number of fused-ring (bicyclic) bond motifs is 1. The number of para-hydroxylation sites is 2. The summed E-state index contributed by atoms with van der Waals surface area (Å²) in [5.41, 5.74) is 8.82. The fourth-order valence-corrected chi connectivity index (χ4v) is 4.48. The van der Waals surface area contributed by atoms with Crippen molar-refractivity contribution in [3.05, 3.63) is 30.1 Å². The molecule has 4 heteroatoms. The second-order valence-corrected chi connectivity index (χ2v) is 7.47. The summed E-state index contributed by atoms with van der Waals surface area (Å²) in [4.78, 5) is 4.80. The van der Waals surface area contributed by atoms with Crippen LogP contribution in [0.3, 0.4) is 0 Å². The standard InChI is InChI=1S/C16H23N3S/c1-3-19-13-8-5-4-7-12(13)18-15(19)11-14(17)16(2)9-6-10-20-16/h4-5,7-8,14H,3,6,9-11,17H2,1-2H3. The van der Waals surface area contributed by atoms with Crippen LogP contribution in [0.1, 0.15) is 32.5 Å². The molecule has 0 amide bonds. The van der Waals surface area contributed by atoms with Crippen molar-refractivity contribution in [2.45, 2.75) is 50.4 Å². The molecule has 2 atom stereocenters. The van der Waals surface area contributed by atoms with Crippen molar-refractivity contribution in [2.24, 2.45) is 5.73 Å². The molecule has 2 heterocycles. The van der Waals surface area contributed by atoms with E-state index in [-0.39, 0.29) is 10.8 Å². The third-order valence-electron chi connectivity index (χ3n) is 4.49. The van der Waals surface area contributed by atoms with Gasteiger partial charge >= 0.3 is 0 Å². The Kier molecular flexibility index (Phi) is 3.78. The van der Waals surface area contributed by atoms with Crippen LogP contribution in [0.25, 0.3) is 11.0 Å². The molecule has 2 aromatic rings. The Morgan fingerprint density at radius 3 is 2.95 bits per heavy atom. The first kappa shape index (κ1) is 14.0. The van der Waals surface area contributed by atoms with Crippen LogP contribution in [0.5, 0.6) is 0 Å². The van der Waals surface area contributed by atoms with E-state index >= 15 is 0 Å².